The maximum Gasteiger partial charge on any atom is 0.0226 e. The van der Waals surface area contributed by atoms with Gasteiger partial charge >= 0.3 is 0 Å². The summed E-state index contributed by atoms with van der Waals surface area (Å²) in [7, 11) is 0. The number of alkyl halides is 1. The third-order valence-electron chi connectivity index (χ3n) is 3.06. The Hall–Kier alpha value is -1.01. The van der Waals surface area contributed by atoms with E-state index in [1.165, 1.54) is 22.3 Å². The van der Waals surface area contributed by atoms with Crippen molar-refractivity contribution < 1.29 is 0 Å². The molecule has 1 heteroatoms. The normalized spacial score (nSPS) is 10.3. The van der Waals surface area contributed by atoms with Crippen LogP contribution in [-0.4, -0.2) is 5.88 Å². The topological polar surface area (TPSA) is 0 Å². The lowest BCUT2D eigenvalue weighted by atomic mass is 9.94. The van der Waals surface area contributed by atoms with Crippen LogP contribution in [0.4, 0.5) is 0 Å². The molecule has 1 aromatic carbocycles. The van der Waals surface area contributed by atoms with Crippen LogP contribution < -0.4 is 0 Å². The van der Waals surface area contributed by atoms with E-state index in [0.29, 0.717) is 5.88 Å². The van der Waals surface area contributed by atoms with E-state index < -0.39 is 0 Å². The van der Waals surface area contributed by atoms with E-state index >= 15 is 0 Å². The first-order valence-electron chi connectivity index (χ1n) is 6.61. The summed E-state index contributed by atoms with van der Waals surface area (Å²) in [6, 6.07) is 8.57. The van der Waals surface area contributed by atoms with Crippen molar-refractivity contribution in [2.75, 3.05) is 5.88 Å². The first-order valence-corrected chi connectivity index (χ1v) is 7.15. The number of benzene rings is 1. The molecule has 0 aliphatic heterocycles. The largest absolute Gasteiger partial charge is 0.127 e. The predicted octanol–water partition coefficient (Wildman–Crippen LogP) is 5.62. The van der Waals surface area contributed by atoms with E-state index in [1.807, 2.05) is 0 Å². The Balaban J connectivity index is 2.66. The van der Waals surface area contributed by atoms with Crippen LogP contribution in [0.5, 0.6) is 0 Å². The van der Waals surface area contributed by atoms with E-state index in [0.717, 1.165) is 32.1 Å². The average Bonchev–Trinajstić information content (AvgIpc) is 2.36. The SMILES string of the molecule is C=C(C)CCCc1ccccc1C(=C)CCCCl. The summed E-state index contributed by atoms with van der Waals surface area (Å²) in [5.41, 5.74) is 5.18. The molecule has 0 unspecified atom stereocenters. The number of halogens is 1. The summed E-state index contributed by atoms with van der Waals surface area (Å²) < 4.78 is 0. The zero-order chi connectivity index (χ0) is 13.4. The van der Waals surface area contributed by atoms with Gasteiger partial charge in [0.15, 0.2) is 0 Å². The number of rotatable bonds is 8. The van der Waals surface area contributed by atoms with Crippen molar-refractivity contribution >= 4 is 17.2 Å². The maximum atomic E-state index is 5.74. The third-order valence-corrected chi connectivity index (χ3v) is 3.33. The molecule has 0 spiro atoms. The molecule has 0 nitrogen and oxygen atoms in total. The fourth-order valence-corrected chi connectivity index (χ4v) is 2.21. The molecule has 0 N–H and O–H groups in total. The molecular weight excluding hydrogens is 240 g/mol. The van der Waals surface area contributed by atoms with Gasteiger partial charge in [-0.1, -0.05) is 36.4 Å². The molecular formula is C17H23Cl. The van der Waals surface area contributed by atoms with Gasteiger partial charge in [-0.25, -0.2) is 0 Å². The molecule has 0 heterocycles. The summed E-state index contributed by atoms with van der Waals surface area (Å²) >= 11 is 5.74. The highest BCUT2D eigenvalue weighted by Crippen LogP contribution is 2.23. The first-order chi connectivity index (χ1) is 8.65. The lowest BCUT2D eigenvalue weighted by Gasteiger charge is -2.11. The Kier molecular flexibility index (Phi) is 6.82. The highest BCUT2D eigenvalue weighted by molar-refractivity contribution is 6.17. The van der Waals surface area contributed by atoms with Crippen molar-refractivity contribution in [3.8, 4) is 0 Å². The molecule has 0 aliphatic rings. The summed E-state index contributed by atoms with van der Waals surface area (Å²) in [5.74, 6) is 0.705. The van der Waals surface area contributed by atoms with Gasteiger partial charge < -0.3 is 0 Å². The molecule has 0 saturated carbocycles. The summed E-state index contributed by atoms with van der Waals surface area (Å²) in [4.78, 5) is 0. The molecule has 0 fully saturated rings. The average molecular weight is 263 g/mol. The second-order valence-electron chi connectivity index (χ2n) is 4.86. The Morgan fingerprint density at radius 1 is 1.11 bits per heavy atom. The molecule has 0 atom stereocenters. The van der Waals surface area contributed by atoms with Gasteiger partial charge in [0.25, 0.3) is 0 Å². The van der Waals surface area contributed by atoms with Crippen LogP contribution in [0.1, 0.15) is 43.7 Å². The van der Waals surface area contributed by atoms with Crippen LogP contribution >= 0.6 is 11.6 Å². The fourth-order valence-electron chi connectivity index (χ4n) is 2.08. The van der Waals surface area contributed by atoms with Gasteiger partial charge in [-0.3, -0.25) is 0 Å². The third kappa shape index (κ3) is 5.10. The van der Waals surface area contributed by atoms with Crippen LogP contribution in [0.15, 0.2) is 43.0 Å². The zero-order valence-corrected chi connectivity index (χ0v) is 12.1. The highest BCUT2D eigenvalue weighted by Gasteiger charge is 2.05. The van der Waals surface area contributed by atoms with Gasteiger partial charge in [-0.15, -0.1) is 18.2 Å². The van der Waals surface area contributed by atoms with Gasteiger partial charge in [0, 0.05) is 5.88 Å². The lowest BCUT2D eigenvalue weighted by Crippen LogP contribution is -1.94. The van der Waals surface area contributed by atoms with Gasteiger partial charge in [0.05, 0.1) is 0 Å². The molecule has 0 aromatic heterocycles. The van der Waals surface area contributed by atoms with Crippen molar-refractivity contribution in [1.82, 2.24) is 0 Å². The second-order valence-corrected chi connectivity index (χ2v) is 5.24. The highest BCUT2D eigenvalue weighted by atomic mass is 35.5. The molecule has 0 bridgehead atoms. The molecule has 1 aromatic rings. The van der Waals surface area contributed by atoms with Crippen molar-refractivity contribution in [3.63, 3.8) is 0 Å². The van der Waals surface area contributed by atoms with Crippen LogP contribution in [0.2, 0.25) is 0 Å². The van der Waals surface area contributed by atoms with Crippen LogP contribution in [0.3, 0.4) is 0 Å². The number of hydrogen-bond acceptors (Lipinski definition) is 0. The van der Waals surface area contributed by atoms with E-state index in [9.17, 15) is 0 Å². The van der Waals surface area contributed by atoms with E-state index in [4.69, 9.17) is 11.6 Å². The minimum absolute atomic E-state index is 0.705. The molecule has 0 amide bonds. The standard InChI is InChI=1S/C17H23Cl/c1-14(2)8-6-11-16-10-4-5-12-17(16)15(3)9-7-13-18/h4-5,10,12H,1,3,6-9,11,13H2,2H3. The van der Waals surface area contributed by atoms with Crippen molar-refractivity contribution in [2.45, 2.75) is 39.0 Å². The van der Waals surface area contributed by atoms with Crippen LogP contribution in [0.25, 0.3) is 5.57 Å². The number of aryl methyl sites for hydroxylation is 1. The predicted molar refractivity (Wildman–Crippen MR) is 83.2 cm³/mol. The summed E-state index contributed by atoms with van der Waals surface area (Å²) in [6.45, 7) is 10.2. The monoisotopic (exact) mass is 262 g/mol. The lowest BCUT2D eigenvalue weighted by molar-refractivity contribution is 0.811. The van der Waals surface area contributed by atoms with Crippen LogP contribution in [0, 0.1) is 0 Å². The Morgan fingerprint density at radius 3 is 2.50 bits per heavy atom. The smallest absolute Gasteiger partial charge is 0.0226 e. The summed E-state index contributed by atoms with van der Waals surface area (Å²) in [6.07, 6.45) is 5.35. The van der Waals surface area contributed by atoms with Crippen LogP contribution in [-0.2, 0) is 6.42 Å². The van der Waals surface area contributed by atoms with Gasteiger partial charge in [0.2, 0.25) is 0 Å². The van der Waals surface area contributed by atoms with Crippen molar-refractivity contribution in [1.29, 1.82) is 0 Å². The Labute approximate surface area is 116 Å². The van der Waals surface area contributed by atoms with Crippen molar-refractivity contribution in [2.24, 2.45) is 0 Å². The quantitative estimate of drug-likeness (QED) is 0.421. The molecule has 0 saturated heterocycles. The maximum absolute atomic E-state index is 5.74. The van der Waals surface area contributed by atoms with Gasteiger partial charge in [-0.05, 0) is 55.7 Å². The zero-order valence-electron chi connectivity index (χ0n) is 11.3. The van der Waals surface area contributed by atoms with Gasteiger partial charge in [-0.2, -0.15) is 0 Å². The van der Waals surface area contributed by atoms with Gasteiger partial charge in [0.1, 0.15) is 0 Å². The van der Waals surface area contributed by atoms with E-state index in [-0.39, 0.29) is 0 Å². The number of allylic oxidation sites excluding steroid dienone is 2. The summed E-state index contributed by atoms with van der Waals surface area (Å²) in [5, 5.41) is 0. The Morgan fingerprint density at radius 2 is 1.83 bits per heavy atom. The molecule has 0 radical (unpaired) electrons. The molecule has 98 valence electrons. The molecule has 1 rings (SSSR count). The van der Waals surface area contributed by atoms with E-state index in [2.05, 4.69) is 44.3 Å². The number of hydrogen-bond donors (Lipinski definition) is 0. The fraction of sp³-hybridized carbons (Fsp3) is 0.412. The van der Waals surface area contributed by atoms with E-state index in [1.54, 1.807) is 0 Å². The first kappa shape index (κ1) is 15.0. The van der Waals surface area contributed by atoms with Crippen molar-refractivity contribution in [3.05, 3.63) is 54.1 Å². The minimum Gasteiger partial charge on any atom is -0.127 e. The minimum atomic E-state index is 0.705. The second kappa shape index (κ2) is 8.16. The molecule has 0 aliphatic carbocycles. The molecule has 18 heavy (non-hydrogen) atoms. The Bertz CT molecular complexity index is 404.